The minimum atomic E-state index is -0.794. The highest BCUT2D eigenvalue weighted by Crippen LogP contribution is 2.42. The van der Waals surface area contributed by atoms with E-state index in [0.717, 1.165) is 43.6 Å². The van der Waals surface area contributed by atoms with Crippen LogP contribution in [0.25, 0.3) is 0 Å². The standard InChI is InChI=1S/C23H32F2/c1-4-5-6-19-8-10-21(11-9-19)22-14-12-20(13-15-22)17(2)7-16-23(25)18(3)24/h7,16,19-22H,2,4,8-15H2,1,3H3/b16-7-,23-18-. The molecule has 0 aromatic rings. The Balaban J connectivity index is 1.77. The fourth-order valence-electron chi connectivity index (χ4n) is 4.37. The highest BCUT2D eigenvalue weighted by atomic mass is 19.2. The van der Waals surface area contributed by atoms with Gasteiger partial charge in [-0.15, -0.1) is 5.92 Å². The van der Waals surface area contributed by atoms with Crippen molar-refractivity contribution in [3.8, 4) is 11.8 Å². The molecule has 2 rings (SSSR count). The van der Waals surface area contributed by atoms with Crippen molar-refractivity contribution in [3.63, 3.8) is 0 Å². The first-order valence-corrected chi connectivity index (χ1v) is 9.88. The molecule has 2 heteroatoms. The Morgan fingerprint density at radius 2 is 1.52 bits per heavy atom. The first-order chi connectivity index (χ1) is 12.0. The maximum atomic E-state index is 13.2. The van der Waals surface area contributed by atoms with Crippen LogP contribution in [-0.4, -0.2) is 0 Å². The number of rotatable bonds is 4. The SMILES string of the molecule is C=C(/C=C\C(F)=C(/C)F)C1CCC(C2CCC(C#CCC)CC2)CC1. The summed E-state index contributed by atoms with van der Waals surface area (Å²) in [6.07, 6.45) is 13.8. The molecule has 2 aliphatic carbocycles. The molecule has 0 saturated heterocycles. The van der Waals surface area contributed by atoms with Crippen molar-refractivity contribution in [2.75, 3.05) is 0 Å². The van der Waals surface area contributed by atoms with Crippen molar-refractivity contribution in [2.24, 2.45) is 23.7 Å². The molecule has 2 saturated carbocycles. The Morgan fingerprint density at radius 1 is 0.960 bits per heavy atom. The quantitative estimate of drug-likeness (QED) is 0.370. The van der Waals surface area contributed by atoms with Gasteiger partial charge in [0.1, 0.15) is 5.83 Å². The van der Waals surface area contributed by atoms with Gasteiger partial charge in [0.15, 0.2) is 5.83 Å². The number of allylic oxidation sites excluding steroid dienone is 5. The number of hydrogen-bond donors (Lipinski definition) is 0. The first kappa shape index (κ1) is 20.0. The van der Waals surface area contributed by atoms with Gasteiger partial charge in [-0.1, -0.05) is 31.1 Å². The van der Waals surface area contributed by atoms with Crippen LogP contribution in [0.1, 0.15) is 71.6 Å². The average Bonchev–Trinajstić information content (AvgIpc) is 2.64. The van der Waals surface area contributed by atoms with Crippen LogP contribution in [0.2, 0.25) is 0 Å². The predicted molar refractivity (Wildman–Crippen MR) is 102 cm³/mol. The smallest absolute Gasteiger partial charge is 0.154 e. The Labute approximate surface area is 152 Å². The summed E-state index contributed by atoms with van der Waals surface area (Å²) in [4.78, 5) is 0. The van der Waals surface area contributed by atoms with E-state index >= 15 is 0 Å². The third-order valence-electron chi connectivity index (χ3n) is 5.99. The maximum absolute atomic E-state index is 13.2. The Morgan fingerprint density at radius 3 is 2.04 bits per heavy atom. The molecular formula is C23H32F2. The topological polar surface area (TPSA) is 0 Å². The van der Waals surface area contributed by atoms with Gasteiger partial charge in [-0.2, -0.15) is 0 Å². The lowest BCUT2D eigenvalue weighted by Gasteiger charge is -2.37. The Kier molecular flexibility index (Phi) is 7.94. The Hall–Kier alpha value is -1.36. The second-order valence-electron chi connectivity index (χ2n) is 7.69. The molecular weight excluding hydrogens is 314 g/mol. The molecule has 138 valence electrons. The van der Waals surface area contributed by atoms with Crippen LogP contribution >= 0.6 is 0 Å². The molecule has 0 bridgehead atoms. The minimum absolute atomic E-state index is 0.423. The van der Waals surface area contributed by atoms with E-state index < -0.39 is 11.7 Å². The van der Waals surface area contributed by atoms with Crippen molar-refractivity contribution in [2.45, 2.75) is 71.6 Å². The van der Waals surface area contributed by atoms with Gasteiger partial charge >= 0.3 is 0 Å². The number of hydrogen-bond acceptors (Lipinski definition) is 0. The zero-order valence-corrected chi connectivity index (χ0v) is 15.8. The van der Waals surface area contributed by atoms with Crippen molar-refractivity contribution < 1.29 is 8.78 Å². The van der Waals surface area contributed by atoms with Crippen LogP contribution in [-0.2, 0) is 0 Å². The summed E-state index contributed by atoms with van der Waals surface area (Å²) in [5.41, 5.74) is 0.938. The van der Waals surface area contributed by atoms with Crippen molar-refractivity contribution in [3.05, 3.63) is 36.0 Å². The molecule has 0 N–H and O–H groups in total. The fraction of sp³-hybridized carbons (Fsp3) is 0.652. The minimum Gasteiger partial charge on any atom is -0.209 e. The first-order valence-electron chi connectivity index (χ1n) is 9.88. The molecule has 0 radical (unpaired) electrons. The van der Waals surface area contributed by atoms with Gasteiger partial charge in [-0.25, -0.2) is 8.78 Å². The van der Waals surface area contributed by atoms with Crippen LogP contribution in [0, 0.1) is 35.5 Å². The Bertz CT molecular complexity index is 553. The molecule has 2 aliphatic rings. The number of halogens is 2. The van der Waals surface area contributed by atoms with E-state index in [1.807, 2.05) is 0 Å². The van der Waals surface area contributed by atoms with E-state index in [0.29, 0.717) is 11.8 Å². The lowest BCUT2D eigenvalue weighted by Crippen LogP contribution is -2.25. The molecule has 0 heterocycles. The second kappa shape index (κ2) is 9.95. The molecule has 0 spiro atoms. The fourth-order valence-corrected chi connectivity index (χ4v) is 4.37. The van der Waals surface area contributed by atoms with Crippen LogP contribution in [0.5, 0.6) is 0 Å². The molecule has 25 heavy (non-hydrogen) atoms. The molecule has 0 atom stereocenters. The molecule has 0 unspecified atom stereocenters. The molecule has 0 amide bonds. The van der Waals surface area contributed by atoms with Crippen LogP contribution in [0.4, 0.5) is 8.78 Å². The van der Waals surface area contributed by atoms with Gasteiger partial charge in [0.2, 0.25) is 0 Å². The third kappa shape index (κ3) is 6.14. The zero-order valence-electron chi connectivity index (χ0n) is 15.8. The van der Waals surface area contributed by atoms with E-state index in [1.54, 1.807) is 6.08 Å². The highest BCUT2D eigenvalue weighted by molar-refractivity contribution is 5.25. The highest BCUT2D eigenvalue weighted by Gasteiger charge is 2.30. The monoisotopic (exact) mass is 346 g/mol. The summed E-state index contributed by atoms with van der Waals surface area (Å²) in [5, 5.41) is 0. The molecule has 0 aromatic carbocycles. The predicted octanol–water partition coefficient (Wildman–Crippen LogP) is 7.30. The van der Waals surface area contributed by atoms with E-state index in [2.05, 4.69) is 25.3 Å². The second-order valence-corrected chi connectivity index (χ2v) is 7.69. The van der Waals surface area contributed by atoms with E-state index in [1.165, 1.54) is 44.6 Å². The van der Waals surface area contributed by atoms with Crippen molar-refractivity contribution >= 4 is 0 Å². The summed E-state index contributed by atoms with van der Waals surface area (Å²) in [6, 6.07) is 0. The summed E-state index contributed by atoms with van der Waals surface area (Å²) in [5.74, 6) is 7.83. The summed E-state index contributed by atoms with van der Waals surface area (Å²) < 4.78 is 26.0. The van der Waals surface area contributed by atoms with Crippen LogP contribution in [0.3, 0.4) is 0 Å². The lowest BCUT2D eigenvalue weighted by molar-refractivity contribution is 0.166. The molecule has 0 nitrogen and oxygen atoms in total. The van der Waals surface area contributed by atoms with Crippen molar-refractivity contribution in [1.82, 2.24) is 0 Å². The van der Waals surface area contributed by atoms with Crippen LogP contribution in [0.15, 0.2) is 36.0 Å². The molecule has 0 aromatic heterocycles. The van der Waals surface area contributed by atoms with Gasteiger partial charge in [-0.05, 0) is 82.1 Å². The average molecular weight is 347 g/mol. The lowest BCUT2D eigenvalue weighted by atomic mass is 9.68. The van der Waals surface area contributed by atoms with Gasteiger partial charge in [0.25, 0.3) is 0 Å². The molecule has 2 fully saturated rings. The van der Waals surface area contributed by atoms with Gasteiger partial charge in [-0.3, -0.25) is 0 Å². The summed E-state index contributed by atoms with van der Waals surface area (Å²) in [7, 11) is 0. The third-order valence-corrected chi connectivity index (χ3v) is 5.99. The van der Waals surface area contributed by atoms with E-state index in [-0.39, 0.29) is 0 Å². The molecule has 0 aliphatic heterocycles. The maximum Gasteiger partial charge on any atom is 0.154 e. The normalized spacial score (nSPS) is 31.2. The van der Waals surface area contributed by atoms with Crippen LogP contribution < -0.4 is 0 Å². The van der Waals surface area contributed by atoms with E-state index in [9.17, 15) is 8.78 Å². The van der Waals surface area contributed by atoms with Gasteiger partial charge in [0.05, 0.1) is 0 Å². The van der Waals surface area contributed by atoms with E-state index in [4.69, 9.17) is 0 Å². The van der Waals surface area contributed by atoms with Gasteiger partial charge in [0, 0.05) is 12.3 Å². The summed E-state index contributed by atoms with van der Waals surface area (Å²) in [6.45, 7) is 7.32. The zero-order chi connectivity index (χ0) is 18.2. The van der Waals surface area contributed by atoms with Crippen molar-refractivity contribution in [1.29, 1.82) is 0 Å². The largest absolute Gasteiger partial charge is 0.209 e. The summed E-state index contributed by atoms with van der Waals surface area (Å²) >= 11 is 0. The van der Waals surface area contributed by atoms with Gasteiger partial charge < -0.3 is 0 Å².